The number of rotatable bonds is 5. The molecule has 1 aliphatic heterocycles. The van der Waals surface area contributed by atoms with Crippen molar-refractivity contribution < 1.29 is 18.8 Å². The average molecular weight is 333 g/mol. The Morgan fingerprint density at radius 2 is 1.67 bits per heavy atom. The Labute approximate surface area is 145 Å². The monoisotopic (exact) mass is 333 g/mol. The summed E-state index contributed by atoms with van der Waals surface area (Å²) in [6, 6.07) is 5.41. The summed E-state index contributed by atoms with van der Waals surface area (Å²) >= 11 is 0. The van der Waals surface area contributed by atoms with Gasteiger partial charge in [0.25, 0.3) is 5.91 Å². The highest BCUT2D eigenvalue weighted by Gasteiger charge is 2.52. The molecular formula is C18H28BNO4. The average Bonchev–Trinajstić information content (AvgIpc) is 2.75. The summed E-state index contributed by atoms with van der Waals surface area (Å²) in [5.74, 6) is 0.657. The molecule has 0 radical (unpaired) electrons. The smallest absolute Gasteiger partial charge is 0.497 e. The van der Waals surface area contributed by atoms with E-state index in [0.29, 0.717) is 24.4 Å². The molecule has 0 saturated carbocycles. The molecule has 1 aromatic carbocycles. The van der Waals surface area contributed by atoms with Crippen LogP contribution in [0.2, 0.25) is 0 Å². The molecule has 6 heteroatoms. The molecule has 1 heterocycles. The number of methoxy groups -OCH3 is 1. The van der Waals surface area contributed by atoms with E-state index in [9.17, 15) is 4.79 Å². The van der Waals surface area contributed by atoms with E-state index in [4.69, 9.17) is 14.0 Å². The minimum atomic E-state index is -0.561. The molecule has 5 nitrogen and oxygen atoms in total. The fourth-order valence-electron chi connectivity index (χ4n) is 2.72. The van der Waals surface area contributed by atoms with E-state index in [2.05, 4.69) is 0 Å². The van der Waals surface area contributed by atoms with Gasteiger partial charge in [-0.2, -0.15) is 0 Å². The van der Waals surface area contributed by atoms with Crippen LogP contribution in [0.1, 0.15) is 51.9 Å². The molecule has 0 atom stereocenters. The van der Waals surface area contributed by atoms with Crippen molar-refractivity contribution in [2.45, 2.75) is 52.7 Å². The Bertz CT molecular complexity index is 595. The molecule has 0 bridgehead atoms. The summed E-state index contributed by atoms with van der Waals surface area (Å²) in [7, 11) is 1.05. The first-order chi connectivity index (χ1) is 11.2. The molecule has 132 valence electrons. The van der Waals surface area contributed by atoms with Gasteiger partial charge in [-0.1, -0.05) is 0 Å². The SMILES string of the molecule is CCN(CC)C(=O)c1ccc(OC)c(B2OC(C)(C)C(C)(C)O2)c1. The lowest BCUT2D eigenvalue weighted by molar-refractivity contribution is 0.00578. The van der Waals surface area contributed by atoms with Crippen LogP contribution in [0.5, 0.6) is 5.75 Å². The van der Waals surface area contributed by atoms with Crippen LogP contribution in [0.3, 0.4) is 0 Å². The molecule has 0 aromatic heterocycles. The highest BCUT2D eigenvalue weighted by molar-refractivity contribution is 6.63. The van der Waals surface area contributed by atoms with Crippen LogP contribution in [0, 0.1) is 0 Å². The Morgan fingerprint density at radius 3 is 2.12 bits per heavy atom. The lowest BCUT2D eigenvalue weighted by Crippen LogP contribution is -2.41. The summed E-state index contributed by atoms with van der Waals surface area (Å²) in [5.41, 5.74) is 0.474. The van der Waals surface area contributed by atoms with Gasteiger partial charge in [-0.05, 0) is 59.7 Å². The van der Waals surface area contributed by atoms with E-state index in [0.717, 1.165) is 5.46 Å². The number of hydrogen-bond acceptors (Lipinski definition) is 4. The highest BCUT2D eigenvalue weighted by atomic mass is 16.7. The third-order valence-electron chi connectivity index (χ3n) is 5.03. The van der Waals surface area contributed by atoms with Gasteiger partial charge >= 0.3 is 7.12 Å². The minimum absolute atomic E-state index is 0.000389. The van der Waals surface area contributed by atoms with Gasteiger partial charge in [-0.15, -0.1) is 0 Å². The first kappa shape index (κ1) is 18.8. The van der Waals surface area contributed by atoms with Crippen LogP contribution in [-0.2, 0) is 9.31 Å². The van der Waals surface area contributed by atoms with Crippen LogP contribution < -0.4 is 10.2 Å². The van der Waals surface area contributed by atoms with Crippen molar-refractivity contribution in [3.8, 4) is 5.75 Å². The molecule has 24 heavy (non-hydrogen) atoms. The predicted octanol–water partition coefficient (Wildman–Crippen LogP) is 2.48. The van der Waals surface area contributed by atoms with Crippen molar-refractivity contribution in [2.24, 2.45) is 0 Å². The lowest BCUT2D eigenvalue weighted by Gasteiger charge is -2.32. The number of hydrogen-bond donors (Lipinski definition) is 0. The first-order valence-electron chi connectivity index (χ1n) is 8.49. The van der Waals surface area contributed by atoms with Crippen LogP contribution >= 0.6 is 0 Å². The van der Waals surface area contributed by atoms with Gasteiger partial charge in [0, 0.05) is 24.1 Å². The van der Waals surface area contributed by atoms with Crippen molar-refractivity contribution in [3.63, 3.8) is 0 Å². The second-order valence-corrected chi connectivity index (χ2v) is 7.02. The maximum Gasteiger partial charge on any atom is 0.498 e. The zero-order valence-corrected chi connectivity index (χ0v) is 15.8. The number of carbonyl (C=O) groups excluding carboxylic acids is 1. The van der Waals surface area contributed by atoms with E-state index in [1.807, 2.05) is 47.6 Å². The van der Waals surface area contributed by atoms with E-state index in [1.54, 1.807) is 24.1 Å². The molecule has 0 unspecified atom stereocenters. The molecule has 1 amide bonds. The summed E-state index contributed by atoms with van der Waals surface area (Å²) in [5, 5.41) is 0. The molecule has 1 aliphatic rings. The summed E-state index contributed by atoms with van der Waals surface area (Å²) in [6.07, 6.45) is 0. The van der Waals surface area contributed by atoms with Crippen LogP contribution in [-0.4, -0.2) is 49.3 Å². The van der Waals surface area contributed by atoms with E-state index < -0.39 is 18.3 Å². The number of carbonyl (C=O) groups is 1. The third-order valence-corrected chi connectivity index (χ3v) is 5.03. The Hall–Kier alpha value is -1.53. The Morgan fingerprint density at radius 1 is 1.12 bits per heavy atom. The van der Waals surface area contributed by atoms with Crippen LogP contribution in [0.4, 0.5) is 0 Å². The van der Waals surface area contributed by atoms with Gasteiger partial charge < -0.3 is 18.9 Å². The number of nitrogens with zero attached hydrogens (tertiary/aromatic N) is 1. The maximum absolute atomic E-state index is 12.6. The van der Waals surface area contributed by atoms with Crippen LogP contribution in [0.15, 0.2) is 18.2 Å². The molecule has 1 fully saturated rings. The van der Waals surface area contributed by atoms with Gasteiger partial charge in [-0.25, -0.2) is 0 Å². The van der Waals surface area contributed by atoms with Gasteiger partial charge in [0.15, 0.2) is 0 Å². The number of amides is 1. The predicted molar refractivity (Wildman–Crippen MR) is 96.0 cm³/mol. The fourth-order valence-corrected chi connectivity index (χ4v) is 2.72. The summed E-state index contributed by atoms with van der Waals surface area (Å²) < 4.78 is 17.7. The molecular weight excluding hydrogens is 305 g/mol. The van der Waals surface area contributed by atoms with Crippen molar-refractivity contribution in [3.05, 3.63) is 23.8 Å². The maximum atomic E-state index is 12.6. The Kier molecular flexibility index (Phi) is 5.30. The van der Waals surface area contributed by atoms with Crippen LogP contribution in [0.25, 0.3) is 0 Å². The van der Waals surface area contributed by atoms with E-state index >= 15 is 0 Å². The molecule has 0 aliphatic carbocycles. The number of ether oxygens (including phenoxy) is 1. The standard InChI is InChI=1S/C18H28BNO4/c1-8-20(9-2)16(21)13-10-11-15(22-7)14(12-13)19-23-17(3,4)18(5,6)24-19/h10-12H,8-9H2,1-7H3. The summed E-state index contributed by atoms with van der Waals surface area (Å²) in [6.45, 7) is 13.3. The Balaban J connectivity index is 2.40. The van der Waals surface area contributed by atoms with Gasteiger partial charge in [-0.3, -0.25) is 4.79 Å². The largest absolute Gasteiger partial charge is 0.498 e. The zero-order chi connectivity index (χ0) is 18.1. The molecule has 1 aromatic rings. The number of benzene rings is 1. The normalized spacial score (nSPS) is 18.5. The second-order valence-electron chi connectivity index (χ2n) is 7.02. The quantitative estimate of drug-likeness (QED) is 0.777. The van der Waals surface area contributed by atoms with Crippen molar-refractivity contribution in [2.75, 3.05) is 20.2 Å². The lowest BCUT2D eigenvalue weighted by atomic mass is 9.77. The minimum Gasteiger partial charge on any atom is -0.497 e. The van der Waals surface area contributed by atoms with Crippen molar-refractivity contribution >= 4 is 18.5 Å². The van der Waals surface area contributed by atoms with E-state index in [1.165, 1.54) is 0 Å². The highest BCUT2D eigenvalue weighted by Crippen LogP contribution is 2.37. The van der Waals surface area contributed by atoms with Crippen molar-refractivity contribution in [1.82, 2.24) is 4.90 Å². The molecule has 0 spiro atoms. The van der Waals surface area contributed by atoms with Crippen molar-refractivity contribution in [1.29, 1.82) is 0 Å². The molecule has 1 saturated heterocycles. The molecule has 2 rings (SSSR count). The molecule has 0 N–H and O–H groups in total. The van der Waals surface area contributed by atoms with Gasteiger partial charge in [0.05, 0.1) is 18.3 Å². The summed E-state index contributed by atoms with van der Waals surface area (Å²) in [4.78, 5) is 14.4. The van der Waals surface area contributed by atoms with Gasteiger partial charge in [0.1, 0.15) is 5.75 Å². The fraction of sp³-hybridized carbons (Fsp3) is 0.611. The van der Waals surface area contributed by atoms with E-state index in [-0.39, 0.29) is 5.91 Å². The zero-order valence-electron chi connectivity index (χ0n) is 15.8. The second kappa shape index (κ2) is 6.77. The van der Waals surface area contributed by atoms with Gasteiger partial charge in [0.2, 0.25) is 0 Å². The topological polar surface area (TPSA) is 48.0 Å². The first-order valence-corrected chi connectivity index (χ1v) is 8.49. The third kappa shape index (κ3) is 3.30.